The first kappa shape index (κ1) is 9.52. The summed E-state index contributed by atoms with van der Waals surface area (Å²) in [5.74, 6) is 0.716. The maximum atomic E-state index is 10.7. The van der Waals surface area contributed by atoms with Crippen molar-refractivity contribution in [3.8, 4) is 0 Å². The predicted molar refractivity (Wildman–Crippen MR) is 46.8 cm³/mol. The number of ether oxygens (including phenoxy) is 1. The lowest BCUT2D eigenvalue weighted by atomic mass is 10.2. The predicted octanol–water partition coefficient (Wildman–Crippen LogP) is 0.938. The first-order valence-electron chi connectivity index (χ1n) is 4.54. The Bertz CT molecular complexity index is 155. The summed E-state index contributed by atoms with van der Waals surface area (Å²) in [4.78, 5) is 10.7. The van der Waals surface area contributed by atoms with E-state index < -0.39 is 0 Å². The van der Waals surface area contributed by atoms with Crippen molar-refractivity contribution in [2.45, 2.75) is 32.2 Å². The van der Waals surface area contributed by atoms with Gasteiger partial charge in [0.2, 0.25) is 0 Å². The van der Waals surface area contributed by atoms with E-state index in [0.29, 0.717) is 12.5 Å². The fourth-order valence-electron chi connectivity index (χ4n) is 1.27. The van der Waals surface area contributed by atoms with Crippen LogP contribution in [0, 0.1) is 5.92 Å². The number of rotatable bonds is 5. The normalized spacial score (nSPS) is 18.8. The van der Waals surface area contributed by atoms with Gasteiger partial charge in [-0.3, -0.25) is 4.79 Å². The Balaban J connectivity index is 1.97. The Labute approximate surface area is 73.5 Å². The summed E-state index contributed by atoms with van der Waals surface area (Å²) in [5, 5.41) is 3.31. The molecule has 1 fully saturated rings. The molecule has 1 aliphatic carbocycles. The van der Waals surface area contributed by atoms with Gasteiger partial charge in [0.1, 0.15) is 0 Å². The van der Waals surface area contributed by atoms with Crippen LogP contribution in [0.4, 0.5) is 0 Å². The van der Waals surface area contributed by atoms with Gasteiger partial charge in [-0.1, -0.05) is 0 Å². The fraction of sp³-hybridized carbons (Fsp3) is 0.889. The molecule has 1 saturated carbocycles. The number of nitrogens with one attached hydrogen (secondary N) is 1. The van der Waals surface area contributed by atoms with Gasteiger partial charge >= 0.3 is 5.97 Å². The third kappa shape index (κ3) is 3.22. The van der Waals surface area contributed by atoms with Crippen LogP contribution in [0.15, 0.2) is 0 Å². The second-order valence-corrected chi connectivity index (χ2v) is 3.41. The van der Waals surface area contributed by atoms with E-state index in [1.165, 1.54) is 20.0 Å². The molecular weight excluding hydrogens is 154 g/mol. The minimum atomic E-state index is -0.134. The Morgan fingerprint density at radius 2 is 2.33 bits per heavy atom. The van der Waals surface area contributed by atoms with Crippen LogP contribution in [0.25, 0.3) is 0 Å². The lowest BCUT2D eigenvalue weighted by Crippen LogP contribution is -2.30. The van der Waals surface area contributed by atoms with Gasteiger partial charge in [-0.05, 0) is 25.7 Å². The highest BCUT2D eigenvalue weighted by molar-refractivity contribution is 5.69. The first-order chi connectivity index (χ1) is 5.74. The monoisotopic (exact) mass is 171 g/mol. The number of carbonyl (C=O) groups excluding carboxylic acids is 1. The quantitative estimate of drug-likeness (QED) is 0.625. The summed E-state index contributed by atoms with van der Waals surface area (Å²) >= 11 is 0. The van der Waals surface area contributed by atoms with Crippen molar-refractivity contribution in [2.75, 3.05) is 13.7 Å². The molecular formula is C9H17NO2. The summed E-state index contributed by atoms with van der Waals surface area (Å²) in [5.41, 5.74) is 0. The summed E-state index contributed by atoms with van der Waals surface area (Å²) in [6.07, 6.45) is 3.16. The standard InChI is InChI=1S/C9H17NO2/c1-7(8-3-4-8)10-6-5-9(11)12-2/h7-8,10H,3-6H2,1-2H3. The lowest BCUT2D eigenvalue weighted by Gasteiger charge is -2.11. The van der Waals surface area contributed by atoms with E-state index >= 15 is 0 Å². The van der Waals surface area contributed by atoms with E-state index in [2.05, 4.69) is 17.0 Å². The van der Waals surface area contributed by atoms with Gasteiger partial charge in [-0.15, -0.1) is 0 Å². The molecule has 0 heterocycles. The molecule has 0 aromatic heterocycles. The molecule has 1 atom stereocenters. The number of hydrogen-bond acceptors (Lipinski definition) is 3. The van der Waals surface area contributed by atoms with Gasteiger partial charge in [0.05, 0.1) is 13.5 Å². The molecule has 1 N–H and O–H groups in total. The molecule has 1 rings (SSSR count). The van der Waals surface area contributed by atoms with Crippen molar-refractivity contribution in [2.24, 2.45) is 5.92 Å². The number of esters is 1. The van der Waals surface area contributed by atoms with E-state index in [9.17, 15) is 4.79 Å². The van der Waals surface area contributed by atoms with Crippen LogP contribution >= 0.6 is 0 Å². The molecule has 0 bridgehead atoms. The van der Waals surface area contributed by atoms with Crippen LogP contribution in [-0.4, -0.2) is 25.7 Å². The van der Waals surface area contributed by atoms with Crippen molar-refractivity contribution in [3.63, 3.8) is 0 Å². The highest BCUT2D eigenvalue weighted by atomic mass is 16.5. The SMILES string of the molecule is COC(=O)CCNC(C)C1CC1. The Hall–Kier alpha value is -0.570. The highest BCUT2D eigenvalue weighted by Gasteiger charge is 2.27. The Morgan fingerprint density at radius 1 is 1.67 bits per heavy atom. The largest absolute Gasteiger partial charge is 0.469 e. The minimum Gasteiger partial charge on any atom is -0.469 e. The third-order valence-corrected chi connectivity index (χ3v) is 2.35. The number of hydrogen-bond donors (Lipinski definition) is 1. The topological polar surface area (TPSA) is 38.3 Å². The van der Waals surface area contributed by atoms with Gasteiger partial charge in [0, 0.05) is 12.6 Å². The minimum absolute atomic E-state index is 0.134. The Kier molecular flexibility index (Phi) is 3.53. The average Bonchev–Trinajstić information content (AvgIpc) is 2.86. The van der Waals surface area contributed by atoms with E-state index in [1.54, 1.807) is 0 Å². The molecule has 3 heteroatoms. The molecule has 3 nitrogen and oxygen atoms in total. The van der Waals surface area contributed by atoms with Crippen LogP contribution in [0.5, 0.6) is 0 Å². The van der Waals surface area contributed by atoms with E-state index in [0.717, 1.165) is 12.5 Å². The number of methoxy groups -OCH3 is 1. The molecule has 0 aliphatic heterocycles. The fourth-order valence-corrected chi connectivity index (χ4v) is 1.27. The zero-order valence-corrected chi connectivity index (χ0v) is 7.80. The van der Waals surface area contributed by atoms with Gasteiger partial charge in [-0.25, -0.2) is 0 Å². The molecule has 0 saturated heterocycles. The molecule has 0 spiro atoms. The van der Waals surface area contributed by atoms with Crippen LogP contribution in [0.1, 0.15) is 26.2 Å². The summed E-state index contributed by atoms with van der Waals surface area (Å²) < 4.78 is 4.53. The van der Waals surface area contributed by atoms with Crippen molar-refractivity contribution in [3.05, 3.63) is 0 Å². The van der Waals surface area contributed by atoms with Gasteiger partial charge in [-0.2, -0.15) is 0 Å². The van der Waals surface area contributed by atoms with E-state index in [1.807, 2.05) is 0 Å². The van der Waals surface area contributed by atoms with Crippen molar-refractivity contribution in [1.82, 2.24) is 5.32 Å². The van der Waals surface area contributed by atoms with Crippen molar-refractivity contribution in [1.29, 1.82) is 0 Å². The molecule has 0 radical (unpaired) electrons. The summed E-state index contributed by atoms with van der Waals surface area (Å²) in [6, 6.07) is 0.564. The van der Waals surface area contributed by atoms with Crippen LogP contribution in [-0.2, 0) is 9.53 Å². The van der Waals surface area contributed by atoms with Crippen LogP contribution < -0.4 is 5.32 Å². The zero-order valence-electron chi connectivity index (χ0n) is 7.80. The molecule has 0 aromatic carbocycles. The van der Waals surface area contributed by atoms with Gasteiger partial charge in [0.25, 0.3) is 0 Å². The second-order valence-electron chi connectivity index (χ2n) is 3.41. The molecule has 1 unspecified atom stereocenters. The maximum absolute atomic E-state index is 10.7. The first-order valence-corrected chi connectivity index (χ1v) is 4.54. The molecule has 0 amide bonds. The molecule has 12 heavy (non-hydrogen) atoms. The molecule has 1 aliphatic rings. The van der Waals surface area contributed by atoms with E-state index in [4.69, 9.17) is 0 Å². The maximum Gasteiger partial charge on any atom is 0.306 e. The average molecular weight is 171 g/mol. The van der Waals surface area contributed by atoms with Crippen molar-refractivity contribution >= 4 is 5.97 Å². The van der Waals surface area contributed by atoms with E-state index in [-0.39, 0.29) is 5.97 Å². The Morgan fingerprint density at radius 3 is 2.83 bits per heavy atom. The number of carbonyl (C=O) groups is 1. The highest BCUT2D eigenvalue weighted by Crippen LogP contribution is 2.32. The molecule has 0 aromatic rings. The second kappa shape index (κ2) is 4.45. The summed E-state index contributed by atoms with van der Waals surface area (Å²) in [7, 11) is 1.42. The van der Waals surface area contributed by atoms with Crippen LogP contribution in [0.2, 0.25) is 0 Å². The smallest absolute Gasteiger partial charge is 0.306 e. The third-order valence-electron chi connectivity index (χ3n) is 2.35. The van der Waals surface area contributed by atoms with Crippen LogP contribution in [0.3, 0.4) is 0 Å². The molecule has 70 valence electrons. The summed E-state index contributed by atoms with van der Waals surface area (Å²) in [6.45, 7) is 2.92. The van der Waals surface area contributed by atoms with Gasteiger partial charge in [0.15, 0.2) is 0 Å². The zero-order chi connectivity index (χ0) is 8.97. The van der Waals surface area contributed by atoms with Crippen molar-refractivity contribution < 1.29 is 9.53 Å². The van der Waals surface area contributed by atoms with Gasteiger partial charge < -0.3 is 10.1 Å². The lowest BCUT2D eigenvalue weighted by molar-refractivity contribution is -0.140.